The molecule has 0 spiro atoms. The van der Waals surface area contributed by atoms with Crippen molar-refractivity contribution >= 4 is 11.4 Å². The number of benzene rings is 1. The second kappa shape index (κ2) is 3.91. The first-order valence-electron chi connectivity index (χ1n) is 5.47. The molecule has 76 valence electrons. The minimum absolute atomic E-state index is 0.579. The average molecular weight is 190 g/mol. The van der Waals surface area contributed by atoms with Gasteiger partial charge in [0.2, 0.25) is 0 Å². The van der Waals surface area contributed by atoms with E-state index >= 15 is 0 Å². The van der Waals surface area contributed by atoms with Gasteiger partial charge in [-0.15, -0.1) is 0 Å². The predicted molar refractivity (Wildman–Crippen MR) is 62.0 cm³/mol. The van der Waals surface area contributed by atoms with Gasteiger partial charge in [-0.05, 0) is 24.5 Å². The molecule has 0 aliphatic carbocycles. The molecule has 0 aromatic heterocycles. The van der Waals surface area contributed by atoms with E-state index in [0.717, 1.165) is 13.0 Å². The van der Waals surface area contributed by atoms with E-state index in [4.69, 9.17) is 0 Å². The van der Waals surface area contributed by atoms with Crippen molar-refractivity contribution in [1.29, 1.82) is 0 Å². The van der Waals surface area contributed by atoms with E-state index in [1.165, 1.54) is 23.4 Å². The molecule has 1 aliphatic heterocycles. The smallest absolute Gasteiger partial charge is 0.0611 e. The molecule has 1 heterocycles. The molecule has 0 radical (unpaired) electrons. The summed E-state index contributed by atoms with van der Waals surface area (Å²) in [6.45, 7) is 5.46. The molecule has 2 rings (SSSR count). The van der Waals surface area contributed by atoms with Crippen molar-refractivity contribution in [2.24, 2.45) is 0 Å². The number of anilines is 2. The summed E-state index contributed by atoms with van der Waals surface area (Å²) >= 11 is 0. The van der Waals surface area contributed by atoms with Crippen molar-refractivity contribution in [3.8, 4) is 0 Å². The maximum absolute atomic E-state index is 3.60. The highest BCUT2D eigenvalue weighted by Gasteiger charge is 2.16. The van der Waals surface area contributed by atoms with Crippen molar-refractivity contribution in [3.63, 3.8) is 0 Å². The zero-order valence-corrected chi connectivity index (χ0v) is 8.93. The highest BCUT2D eigenvalue weighted by atomic mass is 15.1. The highest BCUT2D eigenvalue weighted by molar-refractivity contribution is 5.74. The lowest BCUT2D eigenvalue weighted by Crippen LogP contribution is -2.32. The third-order valence-electron chi connectivity index (χ3n) is 2.91. The Labute approximate surface area is 85.7 Å². The molecule has 0 fully saturated rings. The summed E-state index contributed by atoms with van der Waals surface area (Å²) in [7, 11) is 0. The van der Waals surface area contributed by atoms with Gasteiger partial charge >= 0.3 is 0 Å². The third-order valence-corrected chi connectivity index (χ3v) is 2.91. The molecule has 1 aromatic rings. The van der Waals surface area contributed by atoms with Crippen LogP contribution in [0.4, 0.5) is 11.4 Å². The van der Waals surface area contributed by atoms with Gasteiger partial charge in [-0.1, -0.05) is 26.0 Å². The fraction of sp³-hybridized carbons (Fsp3) is 0.500. The maximum Gasteiger partial charge on any atom is 0.0611 e. The Balaban J connectivity index is 2.33. The molecule has 1 aliphatic rings. The summed E-state index contributed by atoms with van der Waals surface area (Å²) in [6, 6.07) is 7.05. The van der Waals surface area contributed by atoms with Gasteiger partial charge in [0.15, 0.2) is 0 Å². The molecule has 0 bridgehead atoms. The van der Waals surface area contributed by atoms with Gasteiger partial charge in [-0.3, -0.25) is 0 Å². The monoisotopic (exact) mass is 190 g/mol. The van der Waals surface area contributed by atoms with Crippen molar-refractivity contribution in [1.82, 2.24) is 0 Å². The Bertz CT molecular complexity index is 306. The number of rotatable bonds is 2. The number of hydrogen-bond acceptors (Lipinski definition) is 2. The second-order valence-electron chi connectivity index (χ2n) is 3.82. The molecule has 0 saturated heterocycles. The third kappa shape index (κ3) is 1.57. The Morgan fingerprint density at radius 3 is 2.93 bits per heavy atom. The van der Waals surface area contributed by atoms with E-state index in [1.807, 2.05) is 0 Å². The number of para-hydroxylation sites is 1. The number of fused-ring (bicyclic) bond motifs is 1. The average Bonchev–Trinajstić information content (AvgIpc) is 2.27. The van der Waals surface area contributed by atoms with E-state index in [0.29, 0.717) is 6.04 Å². The van der Waals surface area contributed by atoms with Crippen molar-refractivity contribution in [2.75, 3.05) is 17.2 Å². The summed E-state index contributed by atoms with van der Waals surface area (Å²) in [5.74, 6) is 0. The molecule has 2 N–H and O–H groups in total. The van der Waals surface area contributed by atoms with Crippen molar-refractivity contribution in [2.45, 2.75) is 32.7 Å². The molecule has 14 heavy (non-hydrogen) atoms. The number of nitrogens with one attached hydrogen (secondary N) is 2. The molecule has 2 heteroatoms. The molecule has 1 unspecified atom stereocenters. The van der Waals surface area contributed by atoms with E-state index in [2.05, 4.69) is 42.7 Å². The first-order chi connectivity index (χ1) is 6.85. The lowest BCUT2D eigenvalue weighted by Gasteiger charge is -2.29. The van der Waals surface area contributed by atoms with Gasteiger partial charge in [0.25, 0.3) is 0 Å². The van der Waals surface area contributed by atoms with Gasteiger partial charge < -0.3 is 10.6 Å². The summed E-state index contributed by atoms with van der Waals surface area (Å²) in [5.41, 5.74) is 3.98. The largest absolute Gasteiger partial charge is 0.381 e. The molecule has 1 aromatic carbocycles. The first-order valence-corrected chi connectivity index (χ1v) is 5.47. The van der Waals surface area contributed by atoms with Crippen LogP contribution in [0.5, 0.6) is 0 Å². The van der Waals surface area contributed by atoms with Gasteiger partial charge in [0.1, 0.15) is 0 Å². The summed E-state index contributed by atoms with van der Waals surface area (Å²) in [5, 5.41) is 7.08. The second-order valence-corrected chi connectivity index (χ2v) is 3.82. The van der Waals surface area contributed by atoms with E-state index in [9.17, 15) is 0 Å². The summed E-state index contributed by atoms with van der Waals surface area (Å²) < 4.78 is 0. The molecular formula is C12H18N2. The lowest BCUT2D eigenvalue weighted by molar-refractivity contribution is 0.711. The van der Waals surface area contributed by atoms with Gasteiger partial charge in [0.05, 0.1) is 11.4 Å². The number of aryl methyl sites for hydroxylation is 1. The van der Waals surface area contributed by atoms with Crippen molar-refractivity contribution < 1.29 is 0 Å². The van der Waals surface area contributed by atoms with Crippen LogP contribution in [0.25, 0.3) is 0 Å². The topological polar surface area (TPSA) is 24.1 Å². The quantitative estimate of drug-likeness (QED) is 0.749. The fourth-order valence-electron chi connectivity index (χ4n) is 1.95. The molecule has 0 amide bonds. The van der Waals surface area contributed by atoms with E-state index in [1.54, 1.807) is 0 Å². The minimum Gasteiger partial charge on any atom is -0.381 e. The van der Waals surface area contributed by atoms with Crippen LogP contribution in [-0.2, 0) is 6.42 Å². The van der Waals surface area contributed by atoms with Crippen LogP contribution in [0.3, 0.4) is 0 Å². The molecule has 1 atom stereocenters. The van der Waals surface area contributed by atoms with Gasteiger partial charge in [0, 0.05) is 12.6 Å². The van der Waals surface area contributed by atoms with Crippen LogP contribution >= 0.6 is 0 Å². The zero-order chi connectivity index (χ0) is 9.97. The Kier molecular flexibility index (Phi) is 2.62. The molecule has 0 saturated carbocycles. The Hall–Kier alpha value is -1.18. The Morgan fingerprint density at radius 1 is 1.36 bits per heavy atom. The SMILES string of the molecule is CCc1cccc2c1NC(CC)CN2. The van der Waals surface area contributed by atoms with E-state index < -0.39 is 0 Å². The van der Waals surface area contributed by atoms with Crippen molar-refractivity contribution in [3.05, 3.63) is 23.8 Å². The van der Waals surface area contributed by atoms with E-state index in [-0.39, 0.29) is 0 Å². The predicted octanol–water partition coefficient (Wildman–Crippen LogP) is 2.87. The van der Waals surface area contributed by atoms with Crippen LogP contribution in [0.1, 0.15) is 25.8 Å². The highest BCUT2D eigenvalue weighted by Crippen LogP contribution is 2.30. The first kappa shape index (κ1) is 9.38. The minimum atomic E-state index is 0.579. The van der Waals surface area contributed by atoms with Gasteiger partial charge in [-0.2, -0.15) is 0 Å². The molecular weight excluding hydrogens is 172 g/mol. The fourth-order valence-corrected chi connectivity index (χ4v) is 1.95. The standard InChI is InChI=1S/C12H18N2/c1-3-9-6-5-7-11-12(9)14-10(4-2)8-13-11/h5-7,10,13-14H,3-4,8H2,1-2H3. The van der Waals surface area contributed by atoms with Gasteiger partial charge in [-0.25, -0.2) is 0 Å². The summed E-state index contributed by atoms with van der Waals surface area (Å²) in [4.78, 5) is 0. The van der Waals surface area contributed by atoms with Crippen LogP contribution in [0.2, 0.25) is 0 Å². The zero-order valence-electron chi connectivity index (χ0n) is 8.93. The van der Waals surface area contributed by atoms with Crippen LogP contribution in [0.15, 0.2) is 18.2 Å². The van der Waals surface area contributed by atoms with Crippen LogP contribution in [-0.4, -0.2) is 12.6 Å². The summed E-state index contributed by atoms with van der Waals surface area (Å²) in [6.07, 6.45) is 2.26. The van der Waals surface area contributed by atoms with Crippen LogP contribution < -0.4 is 10.6 Å². The maximum atomic E-state index is 3.60. The lowest BCUT2D eigenvalue weighted by atomic mass is 10.0. The van der Waals surface area contributed by atoms with Crippen LogP contribution in [0, 0.1) is 0 Å². The Morgan fingerprint density at radius 2 is 2.21 bits per heavy atom. The number of hydrogen-bond donors (Lipinski definition) is 2. The normalized spacial score (nSPS) is 19.4. The molecule has 2 nitrogen and oxygen atoms in total.